The number of anilines is 2. The van der Waals surface area contributed by atoms with E-state index >= 15 is 0 Å². The van der Waals surface area contributed by atoms with Crippen LogP contribution in [0.3, 0.4) is 0 Å². The van der Waals surface area contributed by atoms with E-state index in [1.807, 2.05) is 0 Å². The van der Waals surface area contributed by atoms with Gasteiger partial charge < -0.3 is 5.32 Å². The first kappa shape index (κ1) is 12.3. The Bertz CT molecular complexity index is 512. The van der Waals surface area contributed by atoms with Crippen LogP contribution < -0.4 is 5.32 Å². The van der Waals surface area contributed by atoms with Gasteiger partial charge in [0.2, 0.25) is 5.95 Å². The van der Waals surface area contributed by atoms with Gasteiger partial charge >= 0.3 is 0 Å². The molecule has 1 heterocycles. The Morgan fingerprint density at radius 1 is 1.00 bits per heavy atom. The molecule has 0 amide bonds. The third kappa shape index (κ3) is 2.94. The Hall–Kier alpha value is -1.17. The molecule has 2 aromatic rings. The van der Waals surface area contributed by atoms with Crippen molar-refractivity contribution < 1.29 is 0 Å². The number of halogens is 1. The predicted molar refractivity (Wildman–Crippen MR) is 78.7 cm³/mol. The second-order valence-electron chi connectivity index (χ2n) is 4.12. The number of aryl methyl sites for hydroxylation is 3. The molecular formula is C13H14IN3. The molecule has 0 bridgehead atoms. The Morgan fingerprint density at radius 2 is 1.53 bits per heavy atom. The molecule has 0 saturated heterocycles. The van der Waals surface area contributed by atoms with Crippen LogP contribution in [0.4, 0.5) is 11.6 Å². The molecule has 1 N–H and O–H groups in total. The molecule has 0 atom stereocenters. The molecule has 0 saturated carbocycles. The maximum atomic E-state index is 4.25. The Balaban J connectivity index is 2.33. The van der Waals surface area contributed by atoms with Gasteiger partial charge in [0.05, 0.1) is 0 Å². The van der Waals surface area contributed by atoms with Gasteiger partial charge in [-0.1, -0.05) is 17.7 Å². The number of hydrogen-bond acceptors (Lipinski definition) is 3. The topological polar surface area (TPSA) is 37.8 Å². The van der Waals surface area contributed by atoms with Gasteiger partial charge in [0.1, 0.15) is 0 Å². The van der Waals surface area contributed by atoms with Gasteiger partial charge in [-0.15, -0.1) is 0 Å². The minimum absolute atomic E-state index is 0.639. The third-order valence-electron chi connectivity index (χ3n) is 2.53. The molecule has 0 aliphatic rings. The van der Waals surface area contributed by atoms with E-state index in [1.165, 1.54) is 16.7 Å². The summed E-state index contributed by atoms with van der Waals surface area (Å²) in [5.74, 6) is 0.639. The minimum atomic E-state index is 0.639. The standard InChI is InChI=1S/C13H14IN3/c1-8-4-9(2)12(10(3)5-8)17-13-15-6-11(14)7-16-13/h4-7H,1-3H3,(H,15,16,17). The summed E-state index contributed by atoms with van der Waals surface area (Å²) in [4.78, 5) is 8.50. The quantitative estimate of drug-likeness (QED) is 0.847. The minimum Gasteiger partial charge on any atom is -0.324 e. The summed E-state index contributed by atoms with van der Waals surface area (Å²) < 4.78 is 1.03. The highest BCUT2D eigenvalue weighted by Gasteiger charge is 2.05. The molecular weight excluding hydrogens is 325 g/mol. The summed E-state index contributed by atoms with van der Waals surface area (Å²) >= 11 is 2.19. The average Bonchev–Trinajstić information content (AvgIpc) is 2.26. The van der Waals surface area contributed by atoms with E-state index in [9.17, 15) is 0 Å². The smallest absolute Gasteiger partial charge is 0.227 e. The molecule has 1 aromatic carbocycles. The van der Waals surface area contributed by atoms with Crippen LogP contribution in [0.1, 0.15) is 16.7 Å². The fourth-order valence-electron chi connectivity index (χ4n) is 1.87. The molecule has 0 fully saturated rings. The van der Waals surface area contributed by atoms with E-state index in [0.29, 0.717) is 5.95 Å². The zero-order valence-electron chi connectivity index (χ0n) is 10.1. The number of nitrogens with one attached hydrogen (secondary N) is 1. The Morgan fingerprint density at radius 3 is 2.06 bits per heavy atom. The lowest BCUT2D eigenvalue weighted by molar-refractivity contribution is 1.14. The van der Waals surface area contributed by atoms with Crippen molar-refractivity contribution in [3.05, 3.63) is 44.8 Å². The fourth-order valence-corrected chi connectivity index (χ4v) is 2.14. The Kier molecular flexibility index (Phi) is 3.61. The van der Waals surface area contributed by atoms with E-state index in [1.54, 1.807) is 12.4 Å². The van der Waals surface area contributed by atoms with Crippen LogP contribution >= 0.6 is 22.6 Å². The summed E-state index contributed by atoms with van der Waals surface area (Å²) in [6, 6.07) is 4.31. The molecule has 17 heavy (non-hydrogen) atoms. The third-order valence-corrected chi connectivity index (χ3v) is 3.09. The van der Waals surface area contributed by atoms with Crippen LogP contribution in [0.15, 0.2) is 24.5 Å². The highest BCUT2D eigenvalue weighted by atomic mass is 127. The van der Waals surface area contributed by atoms with E-state index in [-0.39, 0.29) is 0 Å². The molecule has 0 unspecified atom stereocenters. The number of hydrogen-bond donors (Lipinski definition) is 1. The van der Waals surface area contributed by atoms with Crippen LogP contribution in [-0.4, -0.2) is 9.97 Å². The van der Waals surface area contributed by atoms with Crippen molar-refractivity contribution in [2.75, 3.05) is 5.32 Å². The van der Waals surface area contributed by atoms with E-state index < -0.39 is 0 Å². The SMILES string of the molecule is Cc1cc(C)c(Nc2ncc(I)cn2)c(C)c1. The van der Waals surface area contributed by atoms with Gasteiger partial charge in [-0.05, 0) is 54.5 Å². The molecule has 0 radical (unpaired) electrons. The van der Waals surface area contributed by atoms with Crippen molar-refractivity contribution in [2.45, 2.75) is 20.8 Å². The molecule has 88 valence electrons. The zero-order valence-corrected chi connectivity index (χ0v) is 12.2. The van der Waals surface area contributed by atoms with Crippen molar-refractivity contribution in [1.82, 2.24) is 9.97 Å². The highest BCUT2D eigenvalue weighted by molar-refractivity contribution is 14.1. The molecule has 3 nitrogen and oxygen atoms in total. The largest absolute Gasteiger partial charge is 0.324 e. The summed E-state index contributed by atoms with van der Waals surface area (Å²) in [7, 11) is 0. The molecule has 0 aliphatic heterocycles. The Labute approximate surface area is 115 Å². The lowest BCUT2D eigenvalue weighted by Gasteiger charge is -2.12. The average molecular weight is 339 g/mol. The van der Waals surface area contributed by atoms with E-state index in [0.717, 1.165) is 9.26 Å². The molecule has 0 spiro atoms. The first-order valence-electron chi connectivity index (χ1n) is 5.38. The van der Waals surface area contributed by atoms with Crippen molar-refractivity contribution in [3.63, 3.8) is 0 Å². The predicted octanol–water partition coefficient (Wildman–Crippen LogP) is 3.75. The lowest BCUT2D eigenvalue weighted by atomic mass is 10.1. The number of nitrogens with zero attached hydrogens (tertiary/aromatic N) is 2. The van der Waals surface area contributed by atoms with Gasteiger partial charge in [-0.2, -0.15) is 0 Å². The summed E-state index contributed by atoms with van der Waals surface area (Å²) in [6.07, 6.45) is 3.60. The van der Waals surface area contributed by atoms with Crippen LogP contribution in [0.5, 0.6) is 0 Å². The first-order valence-corrected chi connectivity index (χ1v) is 6.46. The summed E-state index contributed by atoms with van der Waals surface area (Å²) in [6.45, 7) is 6.29. The summed E-state index contributed by atoms with van der Waals surface area (Å²) in [5.41, 5.74) is 4.79. The number of benzene rings is 1. The molecule has 2 rings (SSSR count). The van der Waals surface area contributed by atoms with Crippen molar-refractivity contribution >= 4 is 34.2 Å². The van der Waals surface area contributed by atoms with Crippen LogP contribution in [0.2, 0.25) is 0 Å². The molecule has 4 heteroatoms. The molecule has 0 aliphatic carbocycles. The van der Waals surface area contributed by atoms with Crippen molar-refractivity contribution in [2.24, 2.45) is 0 Å². The van der Waals surface area contributed by atoms with E-state index in [2.05, 4.69) is 70.8 Å². The van der Waals surface area contributed by atoms with E-state index in [4.69, 9.17) is 0 Å². The van der Waals surface area contributed by atoms with Gasteiger partial charge in [0.25, 0.3) is 0 Å². The van der Waals surface area contributed by atoms with Gasteiger partial charge in [0.15, 0.2) is 0 Å². The normalized spacial score (nSPS) is 10.4. The second-order valence-corrected chi connectivity index (χ2v) is 5.37. The number of aromatic nitrogens is 2. The maximum Gasteiger partial charge on any atom is 0.227 e. The first-order chi connectivity index (χ1) is 8.06. The zero-order chi connectivity index (χ0) is 12.4. The van der Waals surface area contributed by atoms with Crippen LogP contribution in [0, 0.1) is 24.3 Å². The van der Waals surface area contributed by atoms with Crippen LogP contribution in [0.25, 0.3) is 0 Å². The second kappa shape index (κ2) is 5.00. The fraction of sp³-hybridized carbons (Fsp3) is 0.231. The van der Waals surface area contributed by atoms with Gasteiger partial charge in [0, 0.05) is 21.7 Å². The van der Waals surface area contributed by atoms with Crippen molar-refractivity contribution in [3.8, 4) is 0 Å². The van der Waals surface area contributed by atoms with Crippen molar-refractivity contribution in [1.29, 1.82) is 0 Å². The monoisotopic (exact) mass is 339 g/mol. The molecule has 1 aromatic heterocycles. The van der Waals surface area contributed by atoms with Gasteiger partial charge in [-0.3, -0.25) is 0 Å². The summed E-state index contributed by atoms with van der Waals surface area (Å²) in [5, 5.41) is 3.27. The highest BCUT2D eigenvalue weighted by Crippen LogP contribution is 2.24. The maximum absolute atomic E-state index is 4.25. The number of rotatable bonds is 2. The van der Waals surface area contributed by atoms with Crippen LogP contribution in [-0.2, 0) is 0 Å². The lowest BCUT2D eigenvalue weighted by Crippen LogP contribution is -2.01. The van der Waals surface area contributed by atoms with Gasteiger partial charge in [-0.25, -0.2) is 9.97 Å².